The molecule has 0 aliphatic carbocycles. The van der Waals surface area contributed by atoms with Crippen LogP contribution in [-0.4, -0.2) is 16.1 Å². The molecule has 0 aliphatic heterocycles. The first-order valence-electron chi connectivity index (χ1n) is 5.85. The molecule has 4 heteroatoms. The van der Waals surface area contributed by atoms with Crippen molar-refractivity contribution in [3.05, 3.63) is 46.5 Å². The van der Waals surface area contributed by atoms with Gasteiger partial charge in [-0.25, -0.2) is 0 Å². The molecule has 0 fully saturated rings. The second-order valence-corrected chi connectivity index (χ2v) is 4.94. The molecule has 2 aromatic rings. The van der Waals surface area contributed by atoms with E-state index >= 15 is 0 Å². The first kappa shape index (κ1) is 12.2. The third-order valence-corrected chi connectivity index (χ3v) is 3.47. The molecule has 0 saturated heterocycles. The predicted octanol–water partition coefficient (Wildman–Crippen LogP) is 2.74. The lowest BCUT2D eigenvalue weighted by molar-refractivity contribution is 0.557. The van der Waals surface area contributed by atoms with Crippen LogP contribution in [0.1, 0.15) is 29.0 Å². The third-order valence-electron chi connectivity index (χ3n) is 2.69. The van der Waals surface area contributed by atoms with Crippen LogP contribution in [0.5, 0.6) is 0 Å². The van der Waals surface area contributed by atoms with E-state index in [1.54, 1.807) is 0 Å². The molecular formula is C13H17N3S. The molecule has 90 valence electrons. The van der Waals surface area contributed by atoms with E-state index in [-0.39, 0.29) is 0 Å². The van der Waals surface area contributed by atoms with Gasteiger partial charge in [-0.15, -0.1) is 5.10 Å². The summed E-state index contributed by atoms with van der Waals surface area (Å²) in [7, 11) is 0. The van der Waals surface area contributed by atoms with E-state index in [1.807, 2.05) is 6.20 Å². The molecule has 0 spiro atoms. The van der Waals surface area contributed by atoms with Gasteiger partial charge in [-0.1, -0.05) is 41.2 Å². The molecule has 3 nitrogen and oxygen atoms in total. The molecule has 0 amide bonds. The van der Waals surface area contributed by atoms with Gasteiger partial charge in [0.05, 0.1) is 11.1 Å². The third kappa shape index (κ3) is 3.35. The summed E-state index contributed by atoms with van der Waals surface area (Å²) in [6, 6.07) is 8.96. The molecule has 1 unspecified atom stereocenters. The number of hydrogen-bond donors (Lipinski definition) is 1. The summed E-state index contributed by atoms with van der Waals surface area (Å²) < 4.78 is 3.94. The zero-order chi connectivity index (χ0) is 12.1. The van der Waals surface area contributed by atoms with E-state index in [9.17, 15) is 0 Å². The van der Waals surface area contributed by atoms with Crippen LogP contribution in [0.25, 0.3) is 0 Å². The summed E-state index contributed by atoms with van der Waals surface area (Å²) in [5, 5.41) is 7.40. The molecule has 1 N–H and O–H groups in total. The average Bonchev–Trinajstić information content (AvgIpc) is 2.82. The minimum absolute atomic E-state index is 0.321. The Labute approximate surface area is 106 Å². The highest BCUT2D eigenvalue weighted by atomic mass is 32.1. The molecule has 1 atom stereocenters. The van der Waals surface area contributed by atoms with E-state index in [0.29, 0.717) is 6.04 Å². The molecular weight excluding hydrogens is 230 g/mol. The van der Waals surface area contributed by atoms with Crippen molar-refractivity contribution in [2.75, 3.05) is 6.54 Å². The largest absolute Gasteiger partial charge is 0.309 e. The summed E-state index contributed by atoms with van der Waals surface area (Å²) in [6.07, 6.45) is 2.84. The Morgan fingerprint density at radius 3 is 2.94 bits per heavy atom. The highest BCUT2D eigenvalue weighted by Gasteiger charge is 2.13. The highest BCUT2D eigenvalue weighted by Crippen LogP contribution is 2.20. The van der Waals surface area contributed by atoms with Gasteiger partial charge >= 0.3 is 0 Å². The Kier molecular flexibility index (Phi) is 4.23. The van der Waals surface area contributed by atoms with Crippen molar-refractivity contribution in [2.24, 2.45) is 0 Å². The Morgan fingerprint density at radius 1 is 1.41 bits per heavy atom. The van der Waals surface area contributed by atoms with Crippen molar-refractivity contribution >= 4 is 11.5 Å². The predicted molar refractivity (Wildman–Crippen MR) is 71.2 cm³/mol. The maximum Gasteiger partial charge on any atom is 0.0669 e. The van der Waals surface area contributed by atoms with Crippen LogP contribution < -0.4 is 5.32 Å². The molecule has 1 heterocycles. The quantitative estimate of drug-likeness (QED) is 0.883. The number of nitrogens with one attached hydrogen (secondary N) is 1. The van der Waals surface area contributed by atoms with Gasteiger partial charge in [0, 0.05) is 6.04 Å². The van der Waals surface area contributed by atoms with Crippen LogP contribution in [0.3, 0.4) is 0 Å². The van der Waals surface area contributed by atoms with E-state index in [1.165, 1.54) is 27.5 Å². The van der Waals surface area contributed by atoms with Gasteiger partial charge in [0.2, 0.25) is 0 Å². The first-order valence-corrected chi connectivity index (χ1v) is 6.63. The number of benzene rings is 1. The SMILES string of the molecule is CCNC(Cc1cccc(C)c1)c1cnns1. The number of likely N-dealkylation sites (N-methyl/N-ethyl adjacent to an activating group) is 1. The van der Waals surface area contributed by atoms with Gasteiger partial charge in [-0.2, -0.15) is 0 Å². The topological polar surface area (TPSA) is 37.8 Å². The maximum atomic E-state index is 3.94. The summed E-state index contributed by atoms with van der Waals surface area (Å²) in [4.78, 5) is 1.20. The average molecular weight is 247 g/mol. The van der Waals surface area contributed by atoms with Crippen molar-refractivity contribution < 1.29 is 0 Å². The summed E-state index contributed by atoms with van der Waals surface area (Å²) in [6.45, 7) is 5.20. The van der Waals surface area contributed by atoms with Crippen molar-refractivity contribution in [1.82, 2.24) is 14.9 Å². The molecule has 2 rings (SSSR count). The zero-order valence-electron chi connectivity index (χ0n) is 10.2. The fourth-order valence-electron chi connectivity index (χ4n) is 1.92. The van der Waals surface area contributed by atoms with E-state index in [4.69, 9.17) is 0 Å². The summed E-state index contributed by atoms with van der Waals surface area (Å²) >= 11 is 1.47. The Hall–Kier alpha value is -1.26. The van der Waals surface area contributed by atoms with Gasteiger partial charge in [0.25, 0.3) is 0 Å². The van der Waals surface area contributed by atoms with Crippen LogP contribution in [-0.2, 0) is 6.42 Å². The number of rotatable bonds is 5. The second kappa shape index (κ2) is 5.89. The van der Waals surface area contributed by atoms with Crippen LogP contribution in [0.15, 0.2) is 30.5 Å². The standard InChI is InChI=1S/C13H17N3S/c1-3-14-12(13-9-15-16-17-13)8-11-6-4-5-10(2)7-11/h4-7,9,12,14H,3,8H2,1-2H3. The van der Waals surface area contributed by atoms with Gasteiger partial charge < -0.3 is 5.32 Å². The smallest absolute Gasteiger partial charge is 0.0669 e. The van der Waals surface area contributed by atoms with Gasteiger partial charge in [0.1, 0.15) is 0 Å². The molecule has 1 aromatic carbocycles. The van der Waals surface area contributed by atoms with Crippen molar-refractivity contribution in [1.29, 1.82) is 0 Å². The second-order valence-electron chi connectivity index (χ2n) is 4.12. The van der Waals surface area contributed by atoms with Crippen molar-refractivity contribution in [2.45, 2.75) is 26.3 Å². The lowest BCUT2D eigenvalue weighted by Gasteiger charge is -2.15. The monoisotopic (exact) mass is 247 g/mol. The molecule has 17 heavy (non-hydrogen) atoms. The fourth-order valence-corrected chi connectivity index (χ4v) is 2.50. The van der Waals surface area contributed by atoms with Crippen molar-refractivity contribution in [3.8, 4) is 0 Å². The Morgan fingerprint density at radius 2 is 2.29 bits per heavy atom. The van der Waals surface area contributed by atoms with E-state index < -0.39 is 0 Å². The lowest BCUT2D eigenvalue weighted by Crippen LogP contribution is -2.22. The maximum absolute atomic E-state index is 3.94. The number of nitrogens with zero attached hydrogens (tertiary/aromatic N) is 2. The molecule has 0 saturated carbocycles. The number of hydrogen-bond acceptors (Lipinski definition) is 4. The van der Waals surface area contributed by atoms with E-state index in [0.717, 1.165) is 13.0 Å². The summed E-state index contributed by atoms with van der Waals surface area (Å²) in [5.74, 6) is 0. The minimum Gasteiger partial charge on any atom is -0.309 e. The highest BCUT2D eigenvalue weighted by molar-refractivity contribution is 7.05. The Balaban J connectivity index is 2.13. The summed E-state index contributed by atoms with van der Waals surface area (Å²) in [5.41, 5.74) is 2.66. The van der Waals surface area contributed by atoms with E-state index in [2.05, 4.69) is 53.0 Å². The molecule has 0 aliphatic rings. The van der Waals surface area contributed by atoms with Gasteiger partial charge in [-0.05, 0) is 37.0 Å². The Bertz CT molecular complexity index is 453. The zero-order valence-corrected chi connectivity index (χ0v) is 11.0. The number of aromatic nitrogens is 2. The minimum atomic E-state index is 0.321. The first-order chi connectivity index (χ1) is 8.29. The van der Waals surface area contributed by atoms with Gasteiger partial charge in [0.15, 0.2) is 0 Å². The van der Waals surface area contributed by atoms with Gasteiger partial charge in [-0.3, -0.25) is 0 Å². The normalized spacial score (nSPS) is 12.6. The molecule has 0 bridgehead atoms. The number of aryl methyl sites for hydroxylation is 1. The van der Waals surface area contributed by atoms with Crippen LogP contribution in [0.2, 0.25) is 0 Å². The molecule has 1 aromatic heterocycles. The van der Waals surface area contributed by atoms with Crippen molar-refractivity contribution in [3.63, 3.8) is 0 Å². The van der Waals surface area contributed by atoms with Crippen LogP contribution in [0, 0.1) is 6.92 Å². The van der Waals surface area contributed by atoms with Crippen LogP contribution in [0.4, 0.5) is 0 Å². The molecule has 0 radical (unpaired) electrons. The fraction of sp³-hybridized carbons (Fsp3) is 0.385. The van der Waals surface area contributed by atoms with Crippen LogP contribution >= 0.6 is 11.5 Å². The lowest BCUT2D eigenvalue weighted by atomic mass is 10.0.